The first-order valence-corrected chi connectivity index (χ1v) is 9.58. The van der Waals surface area contributed by atoms with Crippen LogP contribution in [0.3, 0.4) is 0 Å². The third-order valence-corrected chi connectivity index (χ3v) is 4.98. The van der Waals surface area contributed by atoms with Crippen LogP contribution >= 0.6 is 11.8 Å². The van der Waals surface area contributed by atoms with Crippen molar-refractivity contribution in [2.24, 2.45) is 7.05 Å². The molecule has 3 rings (SSSR count). The molecule has 0 saturated heterocycles. The largest absolute Gasteiger partial charge is 0.455 e. The number of anilines is 1. The minimum atomic E-state index is -0.361. The predicted octanol–water partition coefficient (Wildman–Crippen LogP) is 2.72. The summed E-state index contributed by atoms with van der Waals surface area (Å²) in [7, 11) is 3.47. The van der Waals surface area contributed by atoms with Gasteiger partial charge in [0.1, 0.15) is 18.1 Å². The molecule has 0 aliphatic carbocycles. The summed E-state index contributed by atoms with van der Waals surface area (Å²) < 4.78 is 7.54. The molecule has 8 nitrogen and oxygen atoms in total. The lowest BCUT2D eigenvalue weighted by atomic mass is 10.3. The normalized spacial score (nSPS) is 10.7. The molecule has 0 aromatic carbocycles. The van der Waals surface area contributed by atoms with Crippen molar-refractivity contribution in [1.82, 2.24) is 19.4 Å². The molecule has 0 spiro atoms. The molecule has 1 N–H and O–H groups in total. The van der Waals surface area contributed by atoms with Gasteiger partial charge in [-0.2, -0.15) is 0 Å². The van der Waals surface area contributed by atoms with E-state index in [0.717, 1.165) is 10.7 Å². The maximum Gasteiger partial charge on any atom is 0.289 e. The Labute approximate surface area is 167 Å². The second-order valence-electron chi connectivity index (χ2n) is 6.30. The van der Waals surface area contributed by atoms with Crippen molar-refractivity contribution < 1.29 is 14.0 Å². The number of carbonyl (C=O) groups is 2. The molecule has 0 unspecified atom stereocenters. The Kier molecular flexibility index (Phi) is 6.15. The summed E-state index contributed by atoms with van der Waals surface area (Å²) in [6.07, 6.45) is 5.21. The number of imidazole rings is 1. The number of nitrogens with zero attached hydrogens (tertiary/aromatic N) is 4. The van der Waals surface area contributed by atoms with Gasteiger partial charge in [-0.25, -0.2) is 9.97 Å². The van der Waals surface area contributed by atoms with E-state index in [1.165, 1.54) is 16.7 Å². The molecule has 0 saturated carbocycles. The highest BCUT2D eigenvalue weighted by Crippen LogP contribution is 2.22. The fourth-order valence-corrected chi connectivity index (χ4v) is 3.29. The first-order chi connectivity index (χ1) is 13.4. The molecule has 0 fully saturated rings. The summed E-state index contributed by atoms with van der Waals surface area (Å²) in [5.41, 5.74) is 0.987. The second-order valence-corrected chi connectivity index (χ2v) is 7.25. The molecular weight excluding hydrogens is 378 g/mol. The fourth-order valence-electron chi connectivity index (χ4n) is 2.46. The van der Waals surface area contributed by atoms with Crippen molar-refractivity contribution in [3.05, 3.63) is 59.9 Å². The third-order valence-electron chi connectivity index (χ3n) is 3.90. The Balaban J connectivity index is 1.53. The van der Waals surface area contributed by atoms with Gasteiger partial charge < -0.3 is 19.2 Å². The van der Waals surface area contributed by atoms with Crippen LogP contribution in [0.4, 0.5) is 5.82 Å². The lowest BCUT2D eigenvalue weighted by Crippen LogP contribution is -2.34. The SMILES string of the molecule is Cc1ccnc(NC(=O)CN(C)C(=O)c2ccc(CSc3nccn3C)o2)c1. The predicted molar refractivity (Wildman–Crippen MR) is 106 cm³/mol. The van der Waals surface area contributed by atoms with Gasteiger partial charge in [-0.3, -0.25) is 9.59 Å². The first kappa shape index (κ1) is 19.7. The number of likely N-dealkylation sites (N-methyl/N-ethyl adjacent to an activating group) is 1. The van der Waals surface area contributed by atoms with E-state index in [0.29, 0.717) is 17.3 Å². The van der Waals surface area contributed by atoms with Crippen LogP contribution in [-0.4, -0.2) is 44.8 Å². The average molecular weight is 399 g/mol. The Morgan fingerprint density at radius 1 is 1.25 bits per heavy atom. The third kappa shape index (κ3) is 5.01. The highest BCUT2D eigenvalue weighted by Gasteiger charge is 2.19. The molecular formula is C19H21N5O3S. The molecule has 28 heavy (non-hydrogen) atoms. The maximum atomic E-state index is 12.5. The Bertz CT molecular complexity index is 981. The summed E-state index contributed by atoms with van der Waals surface area (Å²) in [5.74, 6) is 1.18. The van der Waals surface area contributed by atoms with E-state index in [-0.39, 0.29) is 24.1 Å². The van der Waals surface area contributed by atoms with Crippen LogP contribution in [0.1, 0.15) is 21.9 Å². The molecule has 3 heterocycles. The number of hydrogen-bond donors (Lipinski definition) is 1. The molecule has 3 aromatic heterocycles. The van der Waals surface area contributed by atoms with E-state index < -0.39 is 0 Å². The molecule has 9 heteroatoms. The van der Waals surface area contributed by atoms with Crippen LogP contribution in [0.25, 0.3) is 0 Å². The van der Waals surface area contributed by atoms with Gasteiger partial charge in [-0.1, -0.05) is 11.8 Å². The zero-order chi connectivity index (χ0) is 20.1. The van der Waals surface area contributed by atoms with E-state index in [4.69, 9.17) is 4.42 Å². The standard InChI is InChI=1S/C19H21N5O3S/c1-13-6-7-20-16(10-13)22-17(25)11-24(3)18(26)15-5-4-14(27-15)12-28-19-21-8-9-23(19)2/h4-10H,11-12H2,1-3H3,(H,20,22,25). The van der Waals surface area contributed by atoms with Gasteiger partial charge in [0.2, 0.25) is 5.91 Å². The molecule has 0 aliphatic heterocycles. The van der Waals surface area contributed by atoms with Crippen LogP contribution in [-0.2, 0) is 17.6 Å². The Morgan fingerprint density at radius 2 is 2.07 bits per heavy atom. The van der Waals surface area contributed by atoms with Gasteiger partial charge >= 0.3 is 0 Å². The van der Waals surface area contributed by atoms with E-state index in [1.54, 1.807) is 37.6 Å². The highest BCUT2D eigenvalue weighted by atomic mass is 32.2. The average Bonchev–Trinajstić information content (AvgIpc) is 3.28. The lowest BCUT2D eigenvalue weighted by Gasteiger charge is -2.15. The van der Waals surface area contributed by atoms with Crippen molar-refractivity contribution >= 4 is 29.4 Å². The van der Waals surface area contributed by atoms with Gasteiger partial charge in [0.25, 0.3) is 5.91 Å². The monoisotopic (exact) mass is 399 g/mol. The molecule has 2 amide bonds. The molecule has 3 aromatic rings. The Hall–Kier alpha value is -3.07. The van der Waals surface area contributed by atoms with Crippen LogP contribution in [0, 0.1) is 6.92 Å². The van der Waals surface area contributed by atoms with E-state index in [9.17, 15) is 9.59 Å². The summed E-state index contributed by atoms with van der Waals surface area (Å²) in [6.45, 7) is 1.81. The smallest absolute Gasteiger partial charge is 0.289 e. The number of pyridine rings is 1. The van der Waals surface area contributed by atoms with Crippen molar-refractivity contribution in [1.29, 1.82) is 0 Å². The number of hydrogen-bond acceptors (Lipinski definition) is 6. The lowest BCUT2D eigenvalue weighted by molar-refractivity contribution is -0.116. The van der Waals surface area contributed by atoms with Crippen molar-refractivity contribution in [3.63, 3.8) is 0 Å². The maximum absolute atomic E-state index is 12.5. The number of carbonyl (C=O) groups excluding carboxylic acids is 2. The Morgan fingerprint density at radius 3 is 2.79 bits per heavy atom. The van der Waals surface area contributed by atoms with E-state index in [1.807, 2.05) is 30.8 Å². The number of furan rings is 1. The second kappa shape index (κ2) is 8.75. The quantitative estimate of drug-likeness (QED) is 0.614. The van der Waals surface area contributed by atoms with Gasteiger partial charge in [0, 0.05) is 32.7 Å². The summed E-state index contributed by atoms with van der Waals surface area (Å²) >= 11 is 1.52. The minimum absolute atomic E-state index is 0.105. The fraction of sp³-hybridized carbons (Fsp3) is 0.263. The molecule has 0 bridgehead atoms. The zero-order valence-electron chi connectivity index (χ0n) is 15.9. The summed E-state index contributed by atoms with van der Waals surface area (Å²) in [4.78, 5) is 34.3. The first-order valence-electron chi connectivity index (χ1n) is 8.59. The van der Waals surface area contributed by atoms with Crippen molar-refractivity contribution in [3.8, 4) is 0 Å². The zero-order valence-corrected chi connectivity index (χ0v) is 16.7. The number of rotatable bonds is 7. The van der Waals surface area contributed by atoms with Crippen LogP contribution < -0.4 is 5.32 Å². The van der Waals surface area contributed by atoms with Crippen molar-refractivity contribution in [2.75, 3.05) is 18.9 Å². The van der Waals surface area contributed by atoms with Crippen LogP contribution in [0.5, 0.6) is 0 Å². The summed E-state index contributed by atoms with van der Waals surface area (Å²) in [6, 6.07) is 6.98. The van der Waals surface area contributed by atoms with E-state index in [2.05, 4.69) is 15.3 Å². The number of thioether (sulfide) groups is 1. The van der Waals surface area contributed by atoms with Gasteiger partial charge in [-0.15, -0.1) is 0 Å². The molecule has 0 atom stereocenters. The van der Waals surface area contributed by atoms with Crippen molar-refractivity contribution in [2.45, 2.75) is 17.8 Å². The number of aryl methyl sites for hydroxylation is 2. The van der Waals surface area contributed by atoms with Crippen LogP contribution in [0.15, 0.2) is 52.4 Å². The van der Waals surface area contributed by atoms with Gasteiger partial charge in [-0.05, 0) is 36.8 Å². The van der Waals surface area contributed by atoms with Crippen LogP contribution in [0.2, 0.25) is 0 Å². The number of nitrogens with one attached hydrogen (secondary N) is 1. The topological polar surface area (TPSA) is 93.3 Å². The van der Waals surface area contributed by atoms with Gasteiger partial charge in [0.05, 0.1) is 5.75 Å². The summed E-state index contributed by atoms with van der Waals surface area (Å²) in [5, 5.41) is 3.54. The van der Waals surface area contributed by atoms with E-state index >= 15 is 0 Å². The molecule has 0 aliphatic rings. The highest BCUT2D eigenvalue weighted by molar-refractivity contribution is 7.98. The van der Waals surface area contributed by atoms with Gasteiger partial charge in [0.15, 0.2) is 10.9 Å². The number of amides is 2. The minimum Gasteiger partial charge on any atom is -0.455 e. The molecule has 0 radical (unpaired) electrons. The number of aromatic nitrogens is 3. The molecule has 146 valence electrons.